The molecule has 8 rings (SSSR count). The molecular weight excluding hydrogens is 869 g/mol. The van der Waals surface area contributed by atoms with Gasteiger partial charge in [0.15, 0.2) is 5.13 Å². The number of methoxy groups -OCH3 is 1. The molecule has 2 saturated carbocycles. The highest BCUT2D eigenvalue weighted by molar-refractivity contribution is 7.92. The number of hydrogen-bond donors (Lipinski definition) is 4. The maximum absolute atomic E-state index is 14.8. The molecule has 1 aromatic carbocycles. The number of ether oxygens (including phenoxy) is 3. The van der Waals surface area contributed by atoms with E-state index in [1.54, 1.807) is 25.3 Å². The maximum Gasteiger partial charge on any atom is 0.408 e. The van der Waals surface area contributed by atoms with Gasteiger partial charge in [-0.3, -0.25) is 14.4 Å². The number of carbonyl (C=O) groups excluding carboxylic acids is 4. The molecule has 5 heterocycles. The monoisotopic (exact) mass is 920 g/mol. The van der Waals surface area contributed by atoms with Crippen LogP contribution in [0.25, 0.3) is 22.3 Å². The van der Waals surface area contributed by atoms with Gasteiger partial charge in [-0.1, -0.05) is 25.0 Å². The molecule has 0 unspecified atom stereocenters. The van der Waals surface area contributed by atoms with Gasteiger partial charge >= 0.3 is 6.09 Å². The molecule has 0 spiro atoms. The maximum atomic E-state index is 14.8. The molecular formula is C43H52N8O9S3. The number of nitrogens with zero attached hydrogens (tertiary/aromatic N) is 4. The number of aromatic nitrogens is 3. The second-order valence-electron chi connectivity index (χ2n) is 16.8. The van der Waals surface area contributed by atoms with Gasteiger partial charge in [-0.15, -0.1) is 22.7 Å². The number of amides is 4. The van der Waals surface area contributed by atoms with E-state index >= 15 is 0 Å². The standard InChI is InChI=1S/C43H52N8O9S3/c1-25(2)45-40-47-34(24-62-40)33-21-36(30-16-15-28(58-3)19-32(30)46-33)59-29-20-35-37(52)49-43(39(54)50-63(56,57)42-44-17-18-61-42)22-26(43)11-7-5-4-6-8-14-31(38(53)51(35)23-29)48-41(55)60-27-12-9-10-13-27/h7,11,15-19,21,24-27,29,31,35H,4-6,8-10,12-14,20,22-23H2,1-3H3,(H,45,47)(H,48,55)(H,49,52)(H,50,54)/b11-7-/t26-,29-,31+,35+,43-/m1/s1. The number of pyridine rings is 1. The van der Waals surface area contributed by atoms with Crippen molar-refractivity contribution in [2.75, 3.05) is 19.0 Å². The van der Waals surface area contributed by atoms with E-state index in [-0.39, 0.29) is 35.9 Å². The van der Waals surface area contributed by atoms with Crippen LogP contribution in [-0.4, -0.2) is 102 Å². The number of anilines is 1. The van der Waals surface area contributed by atoms with Gasteiger partial charge in [-0.05, 0) is 77.3 Å². The smallest absolute Gasteiger partial charge is 0.408 e. The zero-order valence-corrected chi connectivity index (χ0v) is 37.8. The van der Waals surface area contributed by atoms with Crippen molar-refractivity contribution in [1.82, 2.24) is 35.2 Å². The number of carbonyl (C=O) groups is 4. The van der Waals surface area contributed by atoms with Gasteiger partial charge in [0.2, 0.25) is 16.2 Å². The van der Waals surface area contributed by atoms with Gasteiger partial charge in [-0.25, -0.2) is 24.5 Å². The molecule has 2 aliphatic carbocycles. The zero-order valence-electron chi connectivity index (χ0n) is 35.3. The van der Waals surface area contributed by atoms with E-state index in [1.807, 2.05) is 37.4 Å². The Morgan fingerprint density at radius 2 is 1.81 bits per heavy atom. The van der Waals surface area contributed by atoms with Crippen LogP contribution in [0.3, 0.4) is 0 Å². The fraction of sp³-hybridized carbons (Fsp3) is 0.512. The molecule has 1 saturated heterocycles. The summed E-state index contributed by atoms with van der Waals surface area (Å²) in [6.45, 7) is 4.01. The number of nitrogens with one attached hydrogen (secondary N) is 4. The Kier molecular flexibility index (Phi) is 13.2. The summed E-state index contributed by atoms with van der Waals surface area (Å²) < 4.78 is 46.3. The van der Waals surface area contributed by atoms with Crippen LogP contribution in [-0.2, 0) is 29.1 Å². The summed E-state index contributed by atoms with van der Waals surface area (Å²) in [7, 11) is -2.76. The molecule has 4 aliphatic rings. The van der Waals surface area contributed by atoms with Crippen LogP contribution in [0.5, 0.6) is 11.5 Å². The van der Waals surface area contributed by atoms with Gasteiger partial charge in [0.05, 0.1) is 24.9 Å². The van der Waals surface area contributed by atoms with Crippen molar-refractivity contribution in [3.63, 3.8) is 0 Å². The fourth-order valence-corrected chi connectivity index (χ4v) is 11.2. The summed E-state index contributed by atoms with van der Waals surface area (Å²) >= 11 is 2.31. The molecule has 4 aromatic rings. The minimum atomic E-state index is -4.33. The largest absolute Gasteiger partial charge is 0.497 e. The Morgan fingerprint density at radius 3 is 2.57 bits per heavy atom. The summed E-state index contributed by atoms with van der Waals surface area (Å²) in [6, 6.07) is 5.20. The fourth-order valence-electron chi connectivity index (χ4n) is 8.52. The van der Waals surface area contributed by atoms with Crippen LogP contribution >= 0.6 is 22.7 Å². The van der Waals surface area contributed by atoms with E-state index in [0.29, 0.717) is 53.1 Å². The van der Waals surface area contributed by atoms with Crippen LogP contribution in [0.15, 0.2) is 57.7 Å². The quantitative estimate of drug-likeness (QED) is 0.128. The average Bonchev–Trinajstić information content (AvgIpc) is 3.92. The van der Waals surface area contributed by atoms with E-state index in [4.69, 9.17) is 24.2 Å². The van der Waals surface area contributed by atoms with Gasteiger partial charge in [0.1, 0.15) is 47.0 Å². The third-order valence-corrected chi connectivity index (χ3v) is 15.1. The Morgan fingerprint density at radius 1 is 1.00 bits per heavy atom. The molecule has 4 N–H and O–H groups in total. The van der Waals surface area contributed by atoms with E-state index in [0.717, 1.165) is 55.0 Å². The van der Waals surface area contributed by atoms with Crippen molar-refractivity contribution in [2.24, 2.45) is 5.92 Å². The molecule has 336 valence electrons. The molecule has 3 fully saturated rings. The number of benzene rings is 1. The average molecular weight is 921 g/mol. The lowest BCUT2D eigenvalue weighted by atomic mass is 10.0. The first-order valence-corrected chi connectivity index (χ1v) is 24.7. The topological polar surface area (TPSA) is 220 Å². The summed E-state index contributed by atoms with van der Waals surface area (Å²) in [5.74, 6) is -1.53. The number of thiazole rings is 2. The van der Waals surface area contributed by atoms with Crippen molar-refractivity contribution in [2.45, 2.75) is 125 Å². The first kappa shape index (κ1) is 44.3. The van der Waals surface area contributed by atoms with Gasteiger partial charge in [0.25, 0.3) is 15.9 Å². The summed E-state index contributed by atoms with van der Waals surface area (Å²) in [5, 5.41) is 13.8. The second kappa shape index (κ2) is 18.8. The molecule has 3 aromatic heterocycles. The summed E-state index contributed by atoms with van der Waals surface area (Å²) in [4.78, 5) is 71.8. The van der Waals surface area contributed by atoms with E-state index in [9.17, 15) is 27.6 Å². The van der Waals surface area contributed by atoms with Crippen molar-refractivity contribution in [1.29, 1.82) is 0 Å². The summed E-state index contributed by atoms with van der Waals surface area (Å²) in [5.41, 5.74) is 0.131. The van der Waals surface area contributed by atoms with Crippen LogP contribution in [0.1, 0.15) is 84.5 Å². The lowest BCUT2D eigenvalue weighted by molar-refractivity contribution is -0.141. The Hall–Kier alpha value is -5.34. The first-order chi connectivity index (χ1) is 30.3. The Balaban J connectivity index is 1.12. The van der Waals surface area contributed by atoms with Gasteiger partial charge in [0, 0.05) is 52.9 Å². The number of fused-ring (bicyclic) bond motifs is 3. The predicted octanol–water partition coefficient (Wildman–Crippen LogP) is 5.93. The number of sulfonamides is 1. The van der Waals surface area contributed by atoms with Crippen molar-refractivity contribution in [3.05, 3.63) is 53.4 Å². The number of rotatable bonds is 11. The first-order valence-electron chi connectivity index (χ1n) is 21.4. The molecule has 20 heteroatoms. The van der Waals surface area contributed by atoms with Gasteiger partial charge in [-0.2, -0.15) is 8.42 Å². The molecule has 5 atom stereocenters. The summed E-state index contributed by atoms with van der Waals surface area (Å²) in [6.07, 6.45) is 10.1. The van der Waals surface area contributed by atoms with E-state index in [1.165, 1.54) is 27.8 Å². The van der Waals surface area contributed by atoms with Crippen LogP contribution < -0.4 is 30.1 Å². The Bertz CT molecular complexity index is 2470. The normalized spacial score (nSPS) is 25.0. The van der Waals surface area contributed by atoms with Crippen molar-refractivity contribution < 1.29 is 41.8 Å². The third kappa shape index (κ3) is 10.1. The lowest BCUT2D eigenvalue weighted by Gasteiger charge is -2.30. The highest BCUT2D eigenvalue weighted by atomic mass is 32.2. The number of alkyl carbamates (subject to hydrolysis) is 1. The number of hydrogen-bond acceptors (Lipinski definition) is 15. The third-order valence-electron chi connectivity index (χ3n) is 11.8. The Labute approximate surface area is 373 Å². The minimum absolute atomic E-state index is 0.0148. The molecule has 0 radical (unpaired) electrons. The number of allylic oxidation sites excluding steroid dienone is 1. The highest BCUT2D eigenvalue weighted by Crippen LogP contribution is 2.46. The highest BCUT2D eigenvalue weighted by Gasteiger charge is 2.62. The molecule has 63 heavy (non-hydrogen) atoms. The van der Waals surface area contributed by atoms with Crippen LogP contribution in [0.2, 0.25) is 0 Å². The van der Waals surface area contributed by atoms with Crippen molar-refractivity contribution >= 4 is 72.5 Å². The van der Waals surface area contributed by atoms with Crippen LogP contribution in [0.4, 0.5) is 9.93 Å². The zero-order chi connectivity index (χ0) is 44.3. The minimum Gasteiger partial charge on any atom is -0.497 e. The van der Waals surface area contributed by atoms with E-state index < -0.39 is 63.5 Å². The molecule has 0 bridgehead atoms. The second-order valence-corrected chi connectivity index (χ2v) is 20.4. The predicted molar refractivity (Wildman–Crippen MR) is 237 cm³/mol. The van der Waals surface area contributed by atoms with Gasteiger partial charge < -0.3 is 35.1 Å². The van der Waals surface area contributed by atoms with Crippen molar-refractivity contribution in [3.8, 4) is 22.9 Å². The van der Waals surface area contributed by atoms with Crippen LogP contribution in [0, 0.1) is 5.92 Å². The molecule has 2 aliphatic heterocycles. The molecule has 17 nitrogen and oxygen atoms in total. The molecule has 4 amide bonds. The SMILES string of the molecule is COc1ccc2c(O[C@@H]3C[C@H]4C(=O)N[C@]5(C(=O)NS(=O)(=O)c6nccs6)C[C@H]5/C=C\CCCCC[C@H](NC(=O)OC5CCCC5)C(=O)N4C3)cc(-c3csc(NC(C)C)n3)nc2c1. The lowest BCUT2D eigenvalue weighted by Crippen LogP contribution is -2.58. The van der Waals surface area contributed by atoms with E-state index in [2.05, 4.69) is 25.7 Å².